The molecule has 7 rings (SSSR count). The first-order valence-electron chi connectivity index (χ1n) is 11.2. The van der Waals surface area contributed by atoms with Crippen LogP contribution in [0.25, 0.3) is 32.3 Å². The lowest BCUT2D eigenvalue weighted by Crippen LogP contribution is -2.58. The predicted octanol–water partition coefficient (Wildman–Crippen LogP) is 4.88. The van der Waals surface area contributed by atoms with Crippen molar-refractivity contribution in [3.05, 3.63) is 114 Å². The summed E-state index contributed by atoms with van der Waals surface area (Å²) in [7, 11) is 1.92. The molecule has 0 aliphatic carbocycles. The molecule has 1 heterocycles. The summed E-state index contributed by atoms with van der Waals surface area (Å²) < 4.78 is 0. The summed E-state index contributed by atoms with van der Waals surface area (Å²) in [5.74, 6) is 0. The molecule has 148 valence electrons. The molecule has 1 nitrogen and oxygen atoms in total. The Morgan fingerprint density at radius 3 is 2.12 bits per heavy atom. The maximum atomic E-state index is 4.81. The fraction of sp³-hybridized carbons (Fsp3) is 0.0333. The lowest BCUT2D eigenvalue weighted by molar-refractivity contribution is 1.42. The summed E-state index contributed by atoms with van der Waals surface area (Å²) in [5, 5.41) is 7.97. The summed E-state index contributed by atoms with van der Waals surface area (Å²) in [4.78, 5) is 4.81. The first-order chi connectivity index (χ1) is 15.8. The van der Waals surface area contributed by atoms with Crippen molar-refractivity contribution in [3.8, 4) is 0 Å². The Hall–Kier alpha value is -3.91. The standard InChI is InChI=1S/C30H20BN/c1-32-30-23-12-5-6-13-26(23)31(22-10-3-2-4-11-22)29-24-17-16-20-9-7-8-19-14-15-21(18-25(29)30)28(24)27(19)20/h2-18H,1H3/b32-30+. The summed E-state index contributed by atoms with van der Waals surface area (Å²) in [6, 6.07) is 37.8. The molecule has 1 aliphatic heterocycles. The average molecular weight is 405 g/mol. The van der Waals surface area contributed by atoms with Crippen LogP contribution >= 0.6 is 0 Å². The van der Waals surface area contributed by atoms with E-state index in [1.54, 1.807) is 0 Å². The van der Waals surface area contributed by atoms with Gasteiger partial charge in [0.15, 0.2) is 0 Å². The minimum Gasteiger partial charge on any atom is -0.287 e. The van der Waals surface area contributed by atoms with Crippen molar-refractivity contribution in [2.75, 3.05) is 7.05 Å². The van der Waals surface area contributed by atoms with E-state index in [-0.39, 0.29) is 6.71 Å². The molecule has 0 saturated carbocycles. The minimum absolute atomic E-state index is 0.178. The highest BCUT2D eigenvalue weighted by Gasteiger charge is 2.35. The third kappa shape index (κ3) is 2.27. The maximum Gasteiger partial charge on any atom is 0.243 e. The van der Waals surface area contributed by atoms with E-state index < -0.39 is 0 Å². The van der Waals surface area contributed by atoms with Gasteiger partial charge in [0, 0.05) is 7.05 Å². The van der Waals surface area contributed by atoms with Crippen LogP contribution in [0.1, 0.15) is 11.1 Å². The molecule has 0 bridgehead atoms. The zero-order chi connectivity index (χ0) is 21.2. The van der Waals surface area contributed by atoms with Crippen molar-refractivity contribution in [3.63, 3.8) is 0 Å². The molecule has 6 aromatic carbocycles. The predicted molar refractivity (Wildman–Crippen MR) is 139 cm³/mol. The van der Waals surface area contributed by atoms with Crippen molar-refractivity contribution in [1.29, 1.82) is 0 Å². The van der Waals surface area contributed by atoms with E-state index in [0.717, 1.165) is 5.71 Å². The van der Waals surface area contributed by atoms with Gasteiger partial charge in [-0.2, -0.15) is 0 Å². The number of nitrogens with zero attached hydrogens (tertiary/aromatic N) is 1. The monoisotopic (exact) mass is 405 g/mol. The van der Waals surface area contributed by atoms with Crippen molar-refractivity contribution < 1.29 is 0 Å². The fourth-order valence-corrected chi connectivity index (χ4v) is 5.84. The van der Waals surface area contributed by atoms with Crippen LogP contribution in [0.4, 0.5) is 0 Å². The number of aliphatic imine (C=N–C) groups is 1. The maximum absolute atomic E-state index is 4.81. The molecule has 6 aromatic rings. The molecule has 0 N–H and O–H groups in total. The molecule has 32 heavy (non-hydrogen) atoms. The Labute approximate surface area is 187 Å². The zero-order valence-electron chi connectivity index (χ0n) is 17.8. The van der Waals surface area contributed by atoms with E-state index in [2.05, 4.69) is 103 Å². The van der Waals surface area contributed by atoms with Crippen LogP contribution in [-0.2, 0) is 0 Å². The second-order valence-electron chi connectivity index (χ2n) is 8.70. The van der Waals surface area contributed by atoms with Crippen molar-refractivity contribution in [2.45, 2.75) is 0 Å². The van der Waals surface area contributed by atoms with Crippen LogP contribution in [0, 0.1) is 0 Å². The van der Waals surface area contributed by atoms with E-state index in [0.29, 0.717) is 0 Å². The molecule has 0 unspecified atom stereocenters. The Balaban J connectivity index is 1.71. The molecular formula is C30H20BN. The van der Waals surface area contributed by atoms with Crippen LogP contribution in [-0.4, -0.2) is 19.5 Å². The van der Waals surface area contributed by atoms with Crippen LogP contribution in [0.5, 0.6) is 0 Å². The lowest BCUT2D eigenvalue weighted by atomic mass is 9.33. The van der Waals surface area contributed by atoms with Crippen LogP contribution in [0.15, 0.2) is 108 Å². The third-order valence-electron chi connectivity index (χ3n) is 7.12. The van der Waals surface area contributed by atoms with Crippen LogP contribution in [0.2, 0.25) is 0 Å². The summed E-state index contributed by atoms with van der Waals surface area (Å²) in [6.07, 6.45) is 0. The molecule has 1 aliphatic rings. The Morgan fingerprint density at radius 2 is 1.31 bits per heavy atom. The van der Waals surface area contributed by atoms with Crippen molar-refractivity contribution in [2.24, 2.45) is 4.99 Å². The zero-order valence-corrected chi connectivity index (χ0v) is 17.8. The first kappa shape index (κ1) is 17.7. The van der Waals surface area contributed by atoms with E-state index in [4.69, 9.17) is 4.99 Å². The number of hydrogen-bond donors (Lipinski definition) is 0. The van der Waals surface area contributed by atoms with Crippen LogP contribution < -0.4 is 16.4 Å². The summed E-state index contributed by atoms with van der Waals surface area (Å²) in [5.41, 5.74) is 7.62. The first-order valence-corrected chi connectivity index (χ1v) is 11.2. The summed E-state index contributed by atoms with van der Waals surface area (Å²) in [6.45, 7) is 0.178. The molecule has 0 amide bonds. The molecule has 0 aromatic heterocycles. The van der Waals surface area contributed by atoms with E-state index >= 15 is 0 Å². The second-order valence-corrected chi connectivity index (χ2v) is 8.70. The van der Waals surface area contributed by atoms with Gasteiger partial charge in [0.05, 0.1) is 5.71 Å². The highest BCUT2D eigenvalue weighted by Crippen LogP contribution is 2.35. The number of benzene rings is 6. The molecule has 0 radical (unpaired) electrons. The molecule has 0 fully saturated rings. The number of hydrogen-bond acceptors (Lipinski definition) is 1. The van der Waals surface area contributed by atoms with Gasteiger partial charge in [-0.1, -0.05) is 113 Å². The van der Waals surface area contributed by atoms with Gasteiger partial charge in [-0.3, -0.25) is 4.99 Å². The number of fused-ring (bicyclic) bond motifs is 3. The van der Waals surface area contributed by atoms with Gasteiger partial charge < -0.3 is 0 Å². The van der Waals surface area contributed by atoms with Gasteiger partial charge in [0.1, 0.15) is 0 Å². The molecule has 0 spiro atoms. The van der Waals surface area contributed by atoms with Gasteiger partial charge in [-0.15, -0.1) is 0 Å². The van der Waals surface area contributed by atoms with Gasteiger partial charge in [0.25, 0.3) is 0 Å². The molecule has 2 heteroatoms. The SMILES string of the molecule is C/N=C1\c2ccccc2B(c2ccccc2)c2c1cc1ccc3cccc4ccc2c1c34. The van der Waals surface area contributed by atoms with Crippen molar-refractivity contribution in [1.82, 2.24) is 0 Å². The average Bonchev–Trinajstić information content (AvgIpc) is 2.86. The Morgan fingerprint density at radius 1 is 0.594 bits per heavy atom. The van der Waals surface area contributed by atoms with Gasteiger partial charge in [-0.25, -0.2) is 0 Å². The van der Waals surface area contributed by atoms with Gasteiger partial charge in [0.2, 0.25) is 6.71 Å². The quantitative estimate of drug-likeness (QED) is 0.273. The fourth-order valence-electron chi connectivity index (χ4n) is 5.84. The van der Waals surface area contributed by atoms with Crippen molar-refractivity contribution >= 4 is 61.1 Å². The third-order valence-corrected chi connectivity index (χ3v) is 7.12. The topological polar surface area (TPSA) is 12.4 Å². The Bertz CT molecular complexity index is 1660. The van der Waals surface area contributed by atoms with E-state index in [1.165, 1.54) is 59.8 Å². The highest BCUT2D eigenvalue weighted by molar-refractivity contribution is 6.99. The number of rotatable bonds is 1. The van der Waals surface area contributed by atoms with Gasteiger partial charge in [-0.05, 0) is 49.5 Å². The second kappa shape index (κ2) is 6.54. The van der Waals surface area contributed by atoms with E-state index in [1.807, 2.05) is 7.05 Å². The highest BCUT2D eigenvalue weighted by atomic mass is 14.7. The summed E-state index contributed by atoms with van der Waals surface area (Å²) >= 11 is 0. The molecular weight excluding hydrogens is 385 g/mol. The molecule has 0 atom stereocenters. The Kier molecular flexibility index (Phi) is 3.63. The van der Waals surface area contributed by atoms with Gasteiger partial charge >= 0.3 is 0 Å². The molecule has 0 saturated heterocycles. The lowest BCUT2D eigenvalue weighted by Gasteiger charge is -2.30. The normalized spacial score (nSPS) is 14.4. The van der Waals surface area contributed by atoms with E-state index in [9.17, 15) is 0 Å². The van der Waals surface area contributed by atoms with Crippen LogP contribution in [0.3, 0.4) is 0 Å². The largest absolute Gasteiger partial charge is 0.287 e. The smallest absolute Gasteiger partial charge is 0.243 e. The minimum atomic E-state index is 0.178.